The lowest BCUT2D eigenvalue weighted by Crippen LogP contribution is -2.21. The molecular weight excluding hydrogens is 314 g/mol. The van der Waals surface area contributed by atoms with Gasteiger partial charge in [0, 0.05) is 12.7 Å². The van der Waals surface area contributed by atoms with E-state index in [0.717, 1.165) is 35.7 Å². The van der Waals surface area contributed by atoms with Gasteiger partial charge in [-0.1, -0.05) is 31.9 Å². The van der Waals surface area contributed by atoms with E-state index >= 15 is 0 Å². The van der Waals surface area contributed by atoms with Crippen LogP contribution < -0.4 is 5.32 Å². The standard InChI is InChI=1S/C20H27N3O2/c1-14-6-4-9-18(10-14)25-13-16-7-5-8-17(12-16)21-20(24)19-11-15(2)22-23(19)3/h5,7-8,11-12,14,18H,4,6,9-10,13H2,1-3H3,(H,21,24). The molecule has 1 aromatic heterocycles. The largest absolute Gasteiger partial charge is 0.374 e. The molecule has 1 N–H and O–H groups in total. The van der Waals surface area contributed by atoms with E-state index in [4.69, 9.17) is 4.74 Å². The Morgan fingerprint density at radius 3 is 2.92 bits per heavy atom. The fraction of sp³-hybridized carbons (Fsp3) is 0.500. The van der Waals surface area contributed by atoms with E-state index in [1.54, 1.807) is 17.8 Å². The highest BCUT2D eigenvalue weighted by Crippen LogP contribution is 2.26. The number of carbonyl (C=O) groups is 1. The van der Waals surface area contributed by atoms with E-state index < -0.39 is 0 Å². The molecule has 0 aliphatic heterocycles. The van der Waals surface area contributed by atoms with Crippen molar-refractivity contribution in [1.82, 2.24) is 9.78 Å². The third kappa shape index (κ3) is 4.69. The molecule has 2 unspecified atom stereocenters. The van der Waals surface area contributed by atoms with Crippen LogP contribution in [-0.2, 0) is 18.4 Å². The van der Waals surface area contributed by atoms with Crippen molar-refractivity contribution in [2.24, 2.45) is 13.0 Å². The SMILES string of the molecule is Cc1cc(C(=O)Nc2cccc(COC3CCCC(C)C3)c2)n(C)n1. The van der Waals surface area contributed by atoms with Crippen molar-refractivity contribution < 1.29 is 9.53 Å². The van der Waals surface area contributed by atoms with Gasteiger partial charge in [0.15, 0.2) is 0 Å². The van der Waals surface area contributed by atoms with Crippen molar-refractivity contribution in [2.45, 2.75) is 52.2 Å². The van der Waals surface area contributed by atoms with E-state index in [9.17, 15) is 4.79 Å². The summed E-state index contributed by atoms with van der Waals surface area (Å²) in [6, 6.07) is 9.65. The first-order valence-electron chi connectivity index (χ1n) is 9.04. The molecule has 3 rings (SSSR count). The number of nitrogens with one attached hydrogen (secondary N) is 1. The molecule has 1 heterocycles. The van der Waals surface area contributed by atoms with Crippen LogP contribution in [0.3, 0.4) is 0 Å². The van der Waals surface area contributed by atoms with E-state index in [1.807, 2.05) is 31.2 Å². The van der Waals surface area contributed by atoms with Gasteiger partial charge in [-0.2, -0.15) is 5.10 Å². The number of rotatable bonds is 5. The molecule has 2 atom stereocenters. The maximum Gasteiger partial charge on any atom is 0.273 e. The van der Waals surface area contributed by atoms with Crippen LogP contribution in [0.2, 0.25) is 0 Å². The summed E-state index contributed by atoms with van der Waals surface area (Å²) in [7, 11) is 1.78. The fourth-order valence-corrected chi connectivity index (χ4v) is 3.50. The number of ether oxygens (including phenoxy) is 1. The number of hydrogen-bond acceptors (Lipinski definition) is 3. The zero-order valence-electron chi connectivity index (χ0n) is 15.3. The van der Waals surface area contributed by atoms with Gasteiger partial charge in [-0.3, -0.25) is 9.48 Å². The Labute approximate surface area is 149 Å². The summed E-state index contributed by atoms with van der Waals surface area (Å²) < 4.78 is 7.68. The third-order valence-electron chi connectivity index (χ3n) is 4.79. The first-order valence-corrected chi connectivity index (χ1v) is 9.04. The predicted octanol–water partition coefficient (Wildman–Crippen LogP) is 4.08. The minimum atomic E-state index is -0.151. The second kappa shape index (κ2) is 7.83. The van der Waals surface area contributed by atoms with Gasteiger partial charge in [-0.25, -0.2) is 0 Å². The normalized spacial score (nSPS) is 20.4. The van der Waals surface area contributed by atoms with Crippen LogP contribution in [0.4, 0.5) is 5.69 Å². The van der Waals surface area contributed by atoms with Gasteiger partial charge in [-0.15, -0.1) is 0 Å². The van der Waals surface area contributed by atoms with Crippen molar-refractivity contribution in [2.75, 3.05) is 5.32 Å². The number of anilines is 1. The minimum Gasteiger partial charge on any atom is -0.374 e. The van der Waals surface area contributed by atoms with Crippen molar-refractivity contribution in [1.29, 1.82) is 0 Å². The van der Waals surface area contributed by atoms with E-state index in [0.29, 0.717) is 18.4 Å². The molecule has 0 saturated heterocycles. The van der Waals surface area contributed by atoms with Gasteiger partial charge >= 0.3 is 0 Å². The van der Waals surface area contributed by atoms with Crippen LogP contribution in [0.15, 0.2) is 30.3 Å². The van der Waals surface area contributed by atoms with Gasteiger partial charge in [0.05, 0.1) is 18.4 Å². The molecule has 1 fully saturated rings. The summed E-state index contributed by atoms with van der Waals surface area (Å²) in [6.07, 6.45) is 5.23. The quantitative estimate of drug-likeness (QED) is 0.891. The first-order chi connectivity index (χ1) is 12.0. The lowest BCUT2D eigenvalue weighted by atomic mass is 9.89. The molecule has 0 radical (unpaired) electrons. The smallest absolute Gasteiger partial charge is 0.273 e. The van der Waals surface area contributed by atoms with Crippen LogP contribution in [0.1, 0.15) is 54.4 Å². The number of hydrogen-bond donors (Lipinski definition) is 1. The maximum absolute atomic E-state index is 12.4. The Kier molecular flexibility index (Phi) is 5.53. The van der Waals surface area contributed by atoms with Crippen molar-refractivity contribution in [3.63, 3.8) is 0 Å². The maximum atomic E-state index is 12.4. The van der Waals surface area contributed by atoms with Crippen molar-refractivity contribution in [3.8, 4) is 0 Å². The van der Waals surface area contributed by atoms with Crippen LogP contribution in [0.25, 0.3) is 0 Å². The molecule has 1 aromatic carbocycles. The molecule has 1 aliphatic carbocycles. The average Bonchev–Trinajstić information content (AvgIpc) is 2.92. The molecule has 5 heteroatoms. The zero-order valence-corrected chi connectivity index (χ0v) is 15.3. The van der Waals surface area contributed by atoms with Gasteiger partial charge in [0.1, 0.15) is 5.69 Å². The highest BCUT2D eigenvalue weighted by molar-refractivity contribution is 6.03. The van der Waals surface area contributed by atoms with Gasteiger partial charge in [-0.05, 0) is 49.4 Å². The summed E-state index contributed by atoms with van der Waals surface area (Å²) in [5.74, 6) is 0.606. The van der Waals surface area contributed by atoms with Crippen molar-refractivity contribution in [3.05, 3.63) is 47.3 Å². The molecule has 0 spiro atoms. The molecule has 1 aliphatic rings. The van der Waals surface area contributed by atoms with Gasteiger partial charge in [0.25, 0.3) is 5.91 Å². The molecule has 5 nitrogen and oxygen atoms in total. The second-order valence-electron chi connectivity index (χ2n) is 7.15. The lowest BCUT2D eigenvalue weighted by molar-refractivity contribution is 0.00468. The van der Waals surface area contributed by atoms with E-state index in [2.05, 4.69) is 17.3 Å². The molecule has 1 amide bonds. The Hall–Kier alpha value is -2.14. The number of amides is 1. The van der Waals surface area contributed by atoms with Crippen LogP contribution in [0, 0.1) is 12.8 Å². The number of benzene rings is 1. The topological polar surface area (TPSA) is 56.1 Å². The Balaban J connectivity index is 1.59. The van der Waals surface area contributed by atoms with Crippen LogP contribution in [-0.4, -0.2) is 21.8 Å². The number of nitrogens with zero attached hydrogens (tertiary/aromatic N) is 2. The monoisotopic (exact) mass is 341 g/mol. The number of carbonyl (C=O) groups excluding carboxylic acids is 1. The van der Waals surface area contributed by atoms with Crippen LogP contribution in [0.5, 0.6) is 0 Å². The molecule has 134 valence electrons. The van der Waals surface area contributed by atoms with Gasteiger partial charge < -0.3 is 10.1 Å². The molecule has 1 saturated carbocycles. The first kappa shape index (κ1) is 17.7. The molecule has 0 bridgehead atoms. The zero-order chi connectivity index (χ0) is 17.8. The molecular formula is C20H27N3O2. The number of aromatic nitrogens is 2. The predicted molar refractivity (Wildman–Crippen MR) is 98.5 cm³/mol. The molecule has 2 aromatic rings. The summed E-state index contributed by atoms with van der Waals surface area (Å²) >= 11 is 0. The van der Waals surface area contributed by atoms with Crippen molar-refractivity contribution >= 4 is 11.6 Å². The second-order valence-corrected chi connectivity index (χ2v) is 7.15. The highest BCUT2D eigenvalue weighted by atomic mass is 16.5. The minimum absolute atomic E-state index is 0.151. The van der Waals surface area contributed by atoms with E-state index in [-0.39, 0.29) is 5.91 Å². The average molecular weight is 341 g/mol. The Bertz CT molecular complexity index is 738. The summed E-state index contributed by atoms with van der Waals surface area (Å²) in [5, 5.41) is 7.16. The lowest BCUT2D eigenvalue weighted by Gasteiger charge is -2.26. The van der Waals surface area contributed by atoms with Gasteiger partial charge in [0.2, 0.25) is 0 Å². The van der Waals surface area contributed by atoms with Crippen LogP contribution >= 0.6 is 0 Å². The van der Waals surface area contributed by atoms with E-state index in [1.165, 1.54) is 12.8 Å². The third-order valence-corrected chi connectivity index (χ3v) is 4.79. The molecule has 25 heavy (non-hydrogen) atoms. The summed E-state index contributed by atoms with van der Waals surface area (Å²) in [5.41, 5.74) is 3.24. The summed E-state index contributed by atoms with van der Waals surface area (Å²) in [4.78, 5) is 12.4. The summed E-state index contributed by atoms with van der Waals surface area (Å²) in [6.45, 7) is 4.76. The Morgan fingerprint density at radius 2 is 2.20 bits per heavy atom. The highest BCUT2D eigenvalue weighted by Gasteiger charge is 2.19. The fourth-order valence-electron chi connectivity index (χ4n) is 3.50. The number of aryl methyl sites for hydroxylation is 2. The Morgan fingerprint density at radius 1 is 1.36 bits per heavy atom.